The van der Waals surface area contributed by atoms with Crippen LogP contribution in [0.4, 0.5) is 28.4 Å². The van der Waals surface area contributed by atoms with E-state index in [2.05, 4.69) is 10.2 Å². The van der Waals surface area contributed by atoms with Gasteiger partial charge in [-0.1, -0.05) is 0 Å². The molecule has 1 fully saturated rings. The maximum Gasteiger partial charge on any atom is 0.0689 e. The number of hydrogen-bond acceptors (Lipinski definition) is 6. The van der Waals surface area contributed by atoms with Crippen LogP contribution in [0.25, 0.3) is 0 Å². The van der Waals surface area contributed by atoms with Crippen molar-refractivity contribution in [2.24, 2.45) is 0 Å². The Bertz CT molecular complexity index is 625. The topological polar surface area (TPSA) is 119 Å². The van der Waals surface area contributed by atoms with Gasteiger partial charge in [-0.25, -0.2) is 0 Å². The molecule has 6 nitrogen and oxygen atoms in total. The number of piperazine rings is 1. The Morgan fingerprint density at radius 2 is 1.59 bits per heavy atom. The highest BCUT2D eigenvalue weighted by Gasteiger charge is 2.27. The summed E-state index contributed by atoms with van der Waals surface area (Å²) in [7, 11) is 0. The Morgan fingerprint density at radius 3 is 2.36 bits per heavy atom. The van der Waals surface area contributed by atoms with Crippen LogP contribution in [0.2, 0.25) is 0 Å². The van der Waals surface area contributed by atoms with E-state index in [0.717, 1.165) is 36.6 Å². The lowest BCUT2D eigenvalue weighted by molar-refractivity contribution is 0.491. The first-order valence-corrected chi connectivity index (χ1v) is 7.33. The molecule has 2 aromatic rings. The quantitative estimate of drug-likeness (QED) is 0.531. The number of nitrogens with zero attached hydrogens (tertiary/aromatic N) is 1. The fourth-order valence-electron chi connectivity index (χ4n) is 2.96. The molecule has 0 spiro atoms. The molecule has 116 valence electrons. The summed E-state index contributed by atoms with van der Waals surface area (Å²) in [5.74, 6) is 0. The summed E-state index contributed by atoms with van der Waals surface area (Å²) in [4.78, 5) is 2.24. The molecule has 9 N–H and O–H groups in total. The van der Waals surface area contributed by atoms with Gasteiger partial charge >= 0.3 is 0 Å². The molecule has 0 aromatic heterocycles. The van der Waals surface area contributed by atoms with E-state index in [1.54, 1.807) is 0 Å². The number of rotatable bonds is 2. The fraction of sp³-hybridized carbons (Fsp3) is 0.250. The molecule has 22 heavy (non-hydrogen) atoms. The van der Waals surface area contributed by atoms with Crippen LogP contribution in [0.15, 0.2) is 36.4 Å². The summed E-state index contributed by atoms with van der Waals surface area (Å²) >= 11 is 0. The van der Waals surface area contributed by atoms with Crippen LogP contribution < -0.4 is 33.2 Å². The predicted molar refractivity (Wildman–Crippen MR) is 93.5 cm³/mol. The van der Waals surface area contributed by atoms with Crippen LogP contribution >= 0.6 is 0 Å². The van der Waals surface area contributed by atoms with Gasteiger partial charge in [-0.05, 0) is 36.4 Å². The van der Waals surface area contributed by atoms with E-state index in [1.165, 1.54) is 0 Å². The number of nitrogen functional groups attached to an aromatic ring is 4. The van der Waals surface area contributed by atoms with Crippen LogP contribution in [0, 0.1) is 0 Å². The van der Waals surface area contributed by atoms with Crippen molar-refractivity contribution in [3.8, 4) is 0 Å². The van der Waals surface area contributed by atoms with Crippen LogP contribution in [-0.2, 0) is 0 Å². The summed E-state index contributed by atoms with van der Waals surface area (Å²) in [6, 6.07) is 11.2. The van der Waals surface area contributed by atoms with Crippen LogP contribution in [0.1, 0.15) is 11.6 Å². The van der Waals surface area contributed by atoms with Gasteiger partial charge in [0.25, 0.3) is 0 Å². The molecule has 2 aromatic carbocycles. The van der Waals surface area contributed by atoms with Gasteiger partial charge in [0, 0.05) is 42.3 Å². The zero-order valence-corrected chi connectivity index (χ0v) is 12.4. The average molecular weight is 298 g/mol. The Labute approximate surface area is 130 Å². The van der Waals surface area contributed by atoms with Crippen LogP contribution in [-0.4, -0.2) is 19.6 Å². The average Bonchev–Trinajstić information content (AvgIpc) is 2.52. The SMILES string of the molecule is Nc1ccc(N)c(C2CNCCN2c2cc(N)ccc2N)c1. The lowest BCUT2D eigenvalue weighted by Crippen LogP contribution is -2.46. The molecule has 1 heterocycles. The highest BCUT2D eigenvalue weighted by atomic mass is 15.2. The number of hydrogen-bond donors (Lipinski definition) is 5. The minimum atomic E-state index is 0.0707. The molecule has 0 radical (unpaired) electrons. The smallest absolute Gasteiger partial charge is 0.0689 e. The fourth-order valence-corrected chi connectivity index (χ4v) is 2.96. The summed E-state index contributed by atoms with van der Waals surface area (Å²) in [6.45, 7) is 2.49. The molecular weight excluding hydrogens is 276 g/mol. The Morgan fingerprint density at radius 1 is 0.909 bits per heavy atom. The van der Waals surface area contributed by atoms with Crippen LogP contribution in [0.5, 0.6) is 0 Å². The third-order valence-corrected chi connectivity index (χ3v) is 4.08. The molecular formula is C16H22N6. The van der Waals surface area contributed by atoms with Crippen molar-refractivity contribution in [3.63, 3.8) is 0 Å². The Hall–Kier alpha value is -2.60. The van der Waals surface area contributed by atoms with Gasteiger partial charge in [-0.3, -0.25) is 0 Å². The number of nitrogens with one attached hydrogen (secondary N) is 1. The van der Waals surface area contributed by atoms with Crippen molar-refractivity contribution in [2.75, 3.05) is 47.5 Å². The van der Waals surface area contributed by atoms with Crippen LogP contribution in [0.3, 0.4) is 0 Å². The van der Waals surface area contributed by atoms with E-state index in [-0.39, 0.29) is 6.04 Å². The minimum Gasteiger partial charge on any atom is -0.399 e. The first kappa shape index (κ1) is 14.3. The van der Waals surface area contributed by atoms with Gasteiger partial charge in [0.2, 0.25) is 0 Å². The Balaban J connectivity index is 2.05. The molecule has 1 unspecified atom stereocenters. The molecule has 0 saturated carbocycles. The number of benzene rings is 2. The van der Waals surface area contributed by atoms with E-state index in [1.807, 2.05) is 36.4 Å². The molecule has 1 aliphatic heterocycles. The van der Waals surface area contributed by atoms with Gasteiger partial charge in [-0.2, -0.15) is 0 Å². The normalized spacial score (nSPS) is 18.4. The van der Waals surface area contributed by atoms with Gasteiger partial charge in [0.1, 0.15) is 0 Å². The van der Waals surface area contributed by atoms with E-state index in [9.17, 15) is 0 Å². The van der Waals surface area contributed by atoms with E-state index >= 15 is 0 Å². The predicted octanol–water partition coefficient (Wildman–Crippen LogP) is 1.17. The maximum absolute atomic E-state index is 6.16. The minimum absolute atomic E-state index is 0.0707. The molecule has 0 aliphatic carbocycles. The van der Waals surface area contributed by atoms with Gasteiger partial charge in [0.15, 0.2) is 0 Å². The molecule has 0 bridgehead atoms. The Kier molecular flexibility index (Phi) is 3.68. The zero-order chi connectivity index (χ0) is 15.7. The number of anilines is 5. The van der Waals surface area contributed by atoms with Crippen molar-refractivity contribution < 1.29 is 0 Å². The molecule has 6 heteroatoms. The summed E-state index contributed by atoms with van der Waals surface area (Å²) in [5.41, 5.74) is 29.0. The second-order valence-electron chi connectivity index (χ2n) is 5.62. The second kappa shape index (κ2) is 5.65. The standard InChI is InChI=1S/C16H22N6/c17-10-1-3-13(19)12(7-10)16-9-21-5-6-22(16)15-8-11(18)2-4-14(15)20/h1-4,7-8,16,21H,5-6,9,17-20H2. The van der Waals surface area contributed by atoms with Crippen molar-refractivity contribution in [1.82, 2.24) is 5.32 Å². The second-order valence-corrected chi connectivity index (χ2v) is 5.62. The molecule has 1 atom stereocenters. The summed E-state index contributed by atoms with van der Waals surface area (Å²) in [5, 5.41) is 3.40. The van der Waals surface area contributed by atoms with Crippen molar-refractivity contribution in [2.45, 2.75) is 6.04 Å². The first-order valence-electron chi connectivity index (χ1n) is 7.33. The largest absolute Gasteiger partial charge is 0.399 e. The lowest BCUT2D eigenvalue weighted by atomic mass is 9.99. The van der Waals surface area contributed by atoms with Gasteiger partial charge in [0.05, 0.1) is 17.4 Å². The van der Waals surface area contributed by atoms with E-state index in [4.69, 9.17) is 22.9 Å². The van der Waals surface area contributed by atoms with E-state index in [0.29, 0.717) is 17.1 Å². The van der Waals surface area contributed by atoms with Crippen molar-refractivity contribution in [1.29, 1.82) is 0 Å². The third-order valence-electron chi connectivity index (χ3n) is 4.08. The third kappa shape index (κ3) is 2.60. The highest BCUT2D eigenvalue weighted by molar-refractivity contribution is 5.73. The zero-order valence-electron chi connectivity index (χ0n) is 12.4. The molecule has 3 rings (SSSR count). The van der Waals surface area contributed by atoms with Crippen molar-refractivity contribution >= 4 is 28.4 Å². The summed E-state index contributed by atoms with van der Waals surface area (Å²) in [6.07, 6.45) is 0. The van der Waals surface area contributed by atoms with Gasteiger partial charge < -0.3 is 33.2 Å². The summed E-state index contributed by atoms with van der Waals surface area (Å²) < 4.78 is 0. The molecule has 0 amide bonds. The number of nitrogens with two attached hydrogens (primary N) is 4. The van der Waals surface area contributed by atoms with E-state index < -0.39 is 0 Å². The van der Waals surface area contributed by atoms with Gasteiger partial charge in [-0.15, -0.1) is 0 Å². The highest BCUT2D eigenvalue weighted by Crippen LogP contribution is 2.36. The monoisotopic (exact) mass is 298 g/mol. The molecule has 1 saturated heterocycles. The molecule has 1 aliphatic rings. The van der Waals surface area contributed by atoms with Crippen molar-refractivity contribution in [3.05, 3.63) is 42.0 Å². The first-order chi connectivity index (χ1) is 10.6. The lowest BCUT2D eigenvalue weighted by Gasteiger charge is -2.39. The maximum atomic E-state index is 6.16.